The van der Waals surface area contributed by atoms with Gasteiger partial charge in [0.2, 0.25) is 5.91 Å². The molecular weight excluding hydrogens is 316 g/mol. The molecule has 1 aliphatic rings. The summed E-state index contributed by atoms with van der Waals surface area (Å²) in [6.45, 7) is 10.3. The fourth-order valence-corrected chi connectivity index (χ4v) is 3.11. The summed E-state index contributed by atoms with van der Waals surface area (Å²) in [7, 11) is 3.76. The smallest absolute Gasteiger partial charge is 0.244 e. The highest BCUT2D eigenvalue weighted by Gasteiger charge is 2.28. The van der Waals surface area contributed by atoms with Crippen molar-refractivity contribution in [2.75, 3.05) is 57.6 Å². The molecule has 1 heterocycles. The molecule has 0 radical (unpaired) electrons. The number of ether oxygens (including phenoxy) is 1. The quantitative estimate of drug-likeness (QED) is 0.789. The maximum Gasteiger partial charge on any atom is 0.244 e. The van der Waals surface area contributed by atoms with Crippen LogP contribution in [0.5, 0.6) is 0 Å². The highest BCUT2D eigenvalue weighted by molar-refractivity contribution is 5.98. The van der Waals surface area contributed by atoms with Crippen molar-refractivity contribution in [3.05, 3.63) is 23.8 Å². The van der Waals surface area contributed by atoms with E-state index in [0.29, 0.717) is 12.6 Å². The number of nitrogens with zero attached hydrogens (tertiary/aromatic N) is 2. The van der Waals surface area contributed by atoms with Gasteiger partial charge >= 0.3 is 0 Å². The Morgan fingerprint density at radius 3 is 2.52 bits per heavy atom. The fraction of sp³-hybridized carbons (Fsp3) is 0.632. The third kappa shape index (κ3) is 5.42. The highest BCUT2D eigenvalue weighted by atomic mass is 16.5. The number of carbonyl (C=O) groups is 1. The minimum atomic E-state index is -0.272. The molecule has 0 bridgehead atoms. The lowest BCUT2D eigenvalue weighted by Gasteiger charge is -2.37. The topological polar surface area (TPSA) is 56.8 Å². The molecule has 6 heteroatoms. The molecule has 0 aromatic heterocycles. The van der Waals surface area contributed by atoms with E-state index in [4.69, 9.17) is 4.74 Å². The van der Waals surface area contributed by atoms with E-state index in [9.17, 15) is 4.79 Å². The van der Waals surface area contributed by atoms with Crippen molar-refractivity contribution in [1.82, 2.24) is 9.80 Å². The van der Waals surface area contributed by atoms with Crippen LogP contribution in [0.2, 0.25) is 0 Å². The van der Waals surface area contributed by atoms with Crippen LogP contribution in [0, 0.1) is 6.92 Å². The van der Waals surface area contributed by atoms with Gasteiger partial charge in [-0.1, -0.05) is 12.1 Å². The summed E-state index contributed by atoms with van der Waals surface area (Å²) < 4.78 is 5.33. The van der Waals surface area contributed by atoms with Gasteiger partial charge in [-0.25, -0.2) is 0 Å². The Kier molecular flexibility index (Phi) is 7.23. The molecule has 1 amide bonds. The number of hydrogen-bond acceptors (Lipinski definition) is 5. The van der Waals surface area contributed by atoms with Crippen molar-refractivity contribution in [3.8, 4) is 0 Å². The molecule has 1 aromatic rings. The summed E-state index contributed by atoms with van der Waals surface area (Å²) in [6, 6.07) is 5.99. The van der Waals surface area contributed by atoms with E-state index in [1.807, 2.05) is 25.1 Å². The molecule has 25 heavy (non-hydrogen) atoms. The van der Waals surface area contributed by atoms with Crippen LogP contribution in [-0.2, 0) is 9.53 Å². The number of benzene rings is 1. The van der Waals surface area contributed by atoms with Crippen LogP contribution in [0.25, 0.3) is 0 Å². The van der Waals surface area contributed by atoms with Crippen LogP contribution in [0.1, 0.15) is 19.4 Å². The Balaban J connectivity index is 2.14. The van der Waals surface area contributed by atoms with Crippen molar-refractivity contribution in [2.45, 2.75) is 32.9 Å². The number of anilines is 2. The molecule has 1 saturated heterocycles. The van der Waals surface area contributed by atoms with Crippen LogP contribution in [0.15, 0.2) is 18.2 Å². The maximum atomic E-state index is 13.0. The number of aryl methyl sites for hydroxylation is 1. The second-order valence-electron chi connectivity index (χ2n) is 7.10. The maximum absolute atomic E-state index is 13.0. The zero-order chi connectivity index (χ0) is 18.4. The Morgan fingerprint density at radius 1 is 1.24 bits per heavy atom. The predicted octanol–water partition coefficient (Wildman–Crippen LogP) is 2.02. The lowest BCUT2D eigenvalue weighted by molar-refractivity contribution is -0.124. The molecule has 0 aliphatic carbocycles. The molecular formula is C19H32N4O2. The standard InChI is InChI=1S/C19H32N4O2/c1-14(2)20-18-15(3)7-6-8-16(18)21-19(24)17(13-25-5)23-11-9-22(4)10-12-23/h6-8,14,17,20H,9-13H2,1-5H3,(H,21,24)/t17-/m1/s1. The van der Waals surface area contributed by atoms with Crippen molar-refractivity contribution in [1.29, 1.82) is 0 Å². The first-order valence-corrected chi connectivity index (χ1v) is 9.01. The first kappa shape index (κ1) is 19.7. The summed E-state index contributed by atoms with van der Waals surface area (Å²) >= 11 is 0. The highest BCUT2D eigenvalue weighted by Crippen LogP contribution is 2.27. The Labute approximate surface area is 151 Å². The lowest BCUT2D eigenvalue weighted by Crippen LogP contribution is -2.54. The summed E-state index contributed by atoms with van der Waals surface area (Å²) in [4.78, 5) is 17.5. The van der Waals surface area contributed by atoms with Crippen LogP contribution in [0.3, 0.4) is 0 Å². The zero-order valence-electron chi connectivity index (χ0n) is 16.1. The molecule has 6 nitrogen and oxygen atoms in total. The number of para-hydroxylation sites is 1. The van der Waals surface area contributed by atoms with Crippen LogP contribution < -0.4 is 10.6 Å². The third-order valence-electron chi connectivity index (χ3n) is 4.57. The number of likely N-dealkylation sites (N-methyl/N-ethyl adjacent to an activating group) is 1. The summed E-state index contributed by atoms with van der Waals surface area (Å²) in [5.41, 5.74) is 2.93. The van der Waals surface area contributed by atoms with Gasteiger partial charge in [0, 0.05) is 39.3 Å². The van der Waals surface area contributed by atoms with E-state index >= 15 is 0 Å². The monoisotopic (exact) mass is 348 g/mol. The predicted molar refractivity (Wildman–Crippen MR) is 103 cm³/mol. The molecule has 2 rings (SSSR count). The number of piperazine rings is 1. The zero-order valence-corrected chi connectivity index (χ0v) is 16.1. The number of amides is 1. The summed E-state index contributed by atoms with van der Waals surface area (Å²) in [6.07, 6.45) is 0. The van der Waals surface area contributed by atoms with Crippen molar-refractivity contribution < 1.29 is 9.53 Å². The number of carbonyl (C=O) groups excluding carboxylic acids is 1. The molecule has 140 valence electrons. The van der Waals surface area contributed by atoms with Crippen LogP contribution in [-0.4, -0.2) is 74.7 Å². The van der Waals surface area contributed by atoms with E-state index in [2.05, 4.69) is 41.3 Å². The van der Waals surface area contributed by atoms with E-state index in [-0.39, 0.29) is 11.9 Å². The van der Waals surface area contributed by atoms with E-state index < -0.39 is 0 Å². The average Bonchev–Trinajstić information content (AvgIpc) is 2.56. The second kappa shape index (κ2) is 9.17. The van der Waals surface area contributed by atoms with Gasteiger partial charge < -0.3 is 20.3 Å². The van der Waals surface area contributed by atoms with Gasteiger partial charge in [-0.15, -0.1) is 0 Å². The molecule has 1 atom stereocenters. The molecule has 0 spiro atoms. The SMILES string of the molecule is COC[C@H](C(=O)Nc1cccc(C)c1NC(C)C)N1CCN(C)CC1. The van der Waals surface area contributed by atoms with Gasteiger partial charge in [-0.05, 0) is 39.4 Å². The minimum absolute atomic E-state index is 0.0104. The second-order valence-corrected chi connectivity index (χ2v) is 7.10. The molecule has 1 aliphatic heterocycles. The van der Waals surface area contributed by atoms with Crippen LogP contribution in [0.4, 0.5) is 11.4 Å². The van der Waals surface area contributed by atoms with Gasteiger partial charge in [0.1, 0.15) is 6.04 Å². The summed E-state index contributed by atoms with van der Waals surface area (Å²) in [5.74, 6) is -0.0104. The van der Waals surface area contributed by atoms with Crippen LogP contribution >= 0.6 is 0 Å². The average molecular weight is 348 g/mol. The van der Waals surface area contributed by atoms with E-state index in [1.165, 1.54) is 0 Å². The van der Waals surface area contributed by atoms with E-state index in [1.54, 1.807) is 7.11 Å². The third-order valence-corrected chi connectivity index (χ3v) is 4.57. The van der Waals surface area contributed by atoms with Gasteiger partial charge in [0.15, 0.2) is 0 Å². The van der Waals surface area contributed by atoms with Gasteiger partial charge in [-0.3, -0.25) is 9.69 Å². The van der Waals surface area contributed by atoms with Crippen molar-refractivity contribution in [2.24, 2.45) is 0 Å². The minimum Gasteiger partial charge on any atom is -0.383 e. The van der Waals surface area contributed by atoms with Gasteiger partial charge in [0.05, 0.1) is 18.0 Å². The fourth-order valence-electron chi connectivity index (χ4n) is 3.11. The molecule has 1 fully saturated rings. The van der Waals surface area contributed by atoms with Crippen molar-refractivity contribution >= 4 is 17.3 Å². The Bertz CT molecular complexity index is 569. The number of methoxy groups -OCH3 is 1. The number of rotatable bonds is 7. The Morgan fingerprint density at radius 2 is 1.92 bits per heavy atom. The molecule has 1 aromatic carbocycles. The normalized spacial score (nSPS) is 17.5. The number of hydrogen-bond donors (Lipinski definition) is 2. The first-order valence-electron chi connectivity index (χ1n) is 9.01. The molecule has 0 saturated carbocycles. The van der Waals surface area contributed by atoms with Gasteiger partial charge in [0.25, 0.3) is 0 Å². The molecule has 2 N–H and O–H groups in total. The van der Waals surface area contributed by atoms with Crippen molar-refractivity contribution in [3.63, 3.8) is 0 Å². The number of nitrogens with one attached hydrogen (secondary N) is 2. The van der Waals surface area contributed by atoms with E-state index in [0.717, 1.165) is 43.1 Å². The summed E-state index contributed by atoms with van der Waals surface area (Å²) in [5, 5.41) is 6.55. The Hall–Kier alpha value is -1.63. The first-order chi connectivity index (χ1) is 11.9. The van der Waals surface area contributed by atoms with Gasteiger partial charge in [-0.2, -0.15) is 0 Å². The lowest BCUT2D eigenvalue weighted by atomic mass is 10.1. The molecule has 0 unspecified atom stereocenters. The largest absolute Gasteiger partial charge is 0.383 e.